The van der Waals surface area contributed by atoms with E-state index in [4.69, 9.17) is 11.6 Å². The van der Waals surface area contributed by atoms with Gasteiger partial charge in [-0.3, -0.25) is 0 Å². The molecule has 3 nitrogen and oxygen atoms in total. The van der Waals surface area contributed by atoms with E-state index in [1.54, 1.807) is 0 Å². The molecule has 0 atom stereocenters. The summed E-state index contributed by atoms with van der Waals surface area (Å²) in [5.74, 6) is 0. The van der Waals surface area contributed by atoms with Crippen molar-refractivity contribution in [1.82, 2.24) is 10.2 Å². The van der Waals surface area contributed by atoms with E-state index in [9.17, 15) is 0 Å². The van der Waals surface area contributed by atoms with Crippen molar-refractivity contribution in [2.75, 3.05) is 38.1 Å². The van der Waals surface area contributed by atoms with Crippen molar-refractivity contribution < 1.29 is 0 Å². The molecule has 4 heteroatoms. The van der Waals surface area contributed by atoms with Crippen molar-refractivity contribution in [2.24, 2.45) is 0 Å². The van der Waals surface area contributed by atoms with Crippen LogP contribution in [0.2, 0.25) is 5.02 Å². The minimum absolute atomic E-state index is 0.109. The number of halogens is 1. The van der Waals surface area contributed by atoms with Crippen molar-refractivity contribution in [1.29, 1.82) is 0 Å². The molecule has 0 saturated carbocycles. The molecule has 118 valence electrons. The molecule has 1 fully saturated rings. The Bertz CT molecular complexity index is 468. The predicted molar refractivity (Wildman–Crippen MR) is 92.4 cm³/mol. The fourth-order valence-electron chi connectivity index (χ4n) is 2.54. The molecule has 1 saturated heterocycles. The van der Waals surface area contributed by atoms with Crippen LogP contribution in [0.1, 0.15) is 32.8 Å². The molecule has 0 aliphatic carbocycles. The van der Waals surface area contributed by atoms with Crippen molar-refractivity contribution >= 4 is 17.3 Å². The van der Waals surface area contributed by atoms with E-state index in [0.717, 1.165) is 31.2 Å². The highest BCUT2D eigenvalue weighted by Gasteiger charge is 2.14. The van der Waals surface area contributed by atoms with Crippen LogP contribution < -0.4 is 10.2 Å². The molecule has 0 unspecified atom stereocenters. The van der Waals surface area contributed by atoms with Crippen molar-refractivity contribution in [3.8, 4) is 0 Å². The van der Waals surface area contributed by atoms with Gasteiger partial charge in [-0.25, -0.2) is 0 Å². The number of hydrogen-bond acceptors (Lipinski definition) is 3. The van der Waals surface area contributed by atoms with Crippen LogP contribution in [0.3, 0.4) is 0 Å². The van der Waals surface area contributed by atoms with Gasteiger partial charge < -0.3 is 15.1 Å². The first kappa shape index (κ1) is 16.6. The number of nitrogens with zero attached hydrogens (tertiary/aromatic N) is 2. The molecule has 0 spiro atoms. The SMILES string of the molecule is CN1CCCN(c2ccc(CNC(C)(C)C)c(Cl)c2)CC1. The van der Waals surface area contributed by atoms with Crippen LogP contribution in [0.5, 0.6) is 0 Å². The normalized spacial score (nSPS) is 17.9. The topological polar surface area (TPSA) is 18.5 Å². The summed E-state index contributed by atoms with van der Waals surface area (Å²) >= 11 is 6.47. The van der Waals surface area contributed by atoms with Crippen molar-refractivity contribution in [3.63, 3.8) is 0 Å². The van der Waals surface area contributed by atoms with E-state index < -0.39 is 0 Å². The fraction of sp³-hybridized carbons (Fsp3) is 0.647. The molecule has 0 amide bonds. The summed E-state index contributed by atoms with van der Waals surface area (Å²) in [7, 11) is 2.19. The lowest BCUT2D eigenvalue weighted by Gasteiger charge is -2.24. The van der Waals surface area contributed by atoms with Gasteiger partial charge in [0.05, 0.1) is 0 Å². The first-order valence-electron chi connectivity index (χ1n) is 7.82. The Morgan fingerprint density at radius 3 is 2.57 bits per heavy atom. The molecule has 0 aromatic heterocycles. The zero-order valence-electron chi connectivity index (χ0n) is 13.7. The predicted octanol–water partition coefficient (Wildman–Crippen LogP) is 3.37. The number of likely N-dealkylation sites (N-methyl/N-ethyl adjacent to an activating group) is 1. The lowest BCUT2D eigenvalue weighted by molar-refractivity contribution is 0.360. The van der Waals surface area contributed by atoms with Gasteiger partial charge in [0.25, 0.3) is 0 Å². The highest BCUT2D eigenvalue weighted by molar-refractivity contribution is 6.31. The third-order valence-electron chi connectivity index (χ3n) is 3.93. The molecule has 1 aromatic carbocycles. The van der Waals surface area contributed by atoms with Crippen molar-refractivity contribution in [3.05, 3.63) is 28.8 Å². The molecule has 0 bridgehead atoms. The lowest BCUT2D eigenvalue weighted by Crippen LogP contribution is -2.35. The molecule has 0 radical (unpaired) electrons. The minimum Gasteiger partial charge on any atom is -0.370 e. The summed E-state index contributed by atoms with van der Waals surface area (Å²) in [4.78, 5) is 4.83. The number of benzene rings is 1. The molecular weight excluding hydrogens is 282 g/mol. The molecule has 1 aliphatic rings. The van der Waals surface area contributed by atoms with E-state index >= 15 is 0 Å². The maximum Gasteiger partial charge on any atom is 0.0471 e. The van der Waals surface area contributed by atoms with Crippen LogP contribution in [-0.2, 0) is 6.54 Å². The monoisotopic (exact) mass is 309 g/mol. The van der Waals surface area contributed by atoms with Gasteiger partial charge in [-0.15, -0.1) is 0 Å². The highest BCUT2D eigenvalue weighted by atomic mass is 35.5. The first-order valence-corrected chi connectivity index (χ1v) is 8.20. The average Bonchev–Trinajstić information content (AvgIpc) is 2.61. The van der Waals surface area contributed by atoms with Gasteiger partial charge in [-0.2, -0.15) is 0 Å². The molecule has 1 aliphatic heterocycles. The fourth-order valence-corrected chi connectivity index (χ4v) is 2.78. The van der Waals surface area contributed by atoms with E-state index in [1.807, 2.05) is 0 Å². The second-order valence-electron chi connectivity index (χ2n) is 7.02. The maximum absolute atomic E-state index is 6.47. The van der Waals surface area contributed by atoms with Gasteiger partial charge in [-0.05, 0) is 58.5 Å². The molecule has 1 N–H and O–H groups in total. The molecular formula is C17H28ClN3. The molecule has 2 rings (SSSR count). The van der Waals surface area contributed by atoms with Gasteiger partial charge in [0.15, 0.2) is 0 Å². The summed E-state index contributed by atoms with van der Waals surface area (Å²) < 4.78 is 0. The summed E-state index contributed by atoms with van der Waals surface area (Å²) in [5, 5.41) is 4.35. The van der Waals surface area contributed by atoms with Gasteiger partial charge in [-0.1, -0.05) is 17.7 Å². The van der Waals surface area contributed by atoms with E-state index in [-0.39, 0.29) is 5.54 Å². The Hall–Kier alpha value is -0.770. The van der Waals surface area contributed by atoms with Crippen LogP contribution in [0.25, 0.3) is 0 Å². The summed E-state index contributed by atoms with van der Waals surface area (Å²) in [5.41, 5.74) is 2.52. The van der Waals surface area contributed by atoms with Gasteiger partial charge in [0, 0.05) is 42.4 Å². The number of anilines is 1. The third kappa shape index (κ3) is 5.17. The van der Waals surface area contributed by atoms with Gasteiger partial charge in [0.1, 0.15) is 0 Å². The van der Waals surface area contributed by atoms with Crippen LogP contribution >= 0.6 is 11.6 Å². The highest BCUT2D eigenvalue weighted by Crippen LogP contribution is 2.25. The molecule has 21 heavy (non-hydrogen) atoms. The number of hydrogen-bond donors (Lipinski definition) is 1. The Balaban J connectivity index is 2.04. The minimum atomic E-state index is 0.109. The largest absolute Gasteiger partial charge is 0.370 e. The third-order valence-corrected chi connectivity index (χ3v) is 4.28. The maximum atomic E-state index is 6.47. The number of nitrogens with one attached hydrogen (secondary N) is 1. The standard InChI is InChI=1S/C17H28ClN3/c1-17(2,3)19-13-14-6-7-15(12-16(14)18)21-9-5-8-20(4)10-11-21/h6-7,12,19H,5,8-11,13H2,1-4H3. The summed E-state index contributed by atoms with van der Waals surface area (Å²) in [6.45, 7) is 11.8. The van der Waals surface area contributed by atoms with E-state index in [2.05, 4.69) is 61.1 Å². The summed E-state index contributed by atoms with van der Waals surface area (Å²) in [6, 6.07) is 6.48. The first-order chi connectivity index (χ1) is 9.85. The lowest BCUT2D eigenvalue weighted by atomic mass is 10.1. The van der Waals surface area contributed by atoms with Gasteiger partial charge in [0.2, 0.25) is 0 Å². The Morgan fingerprint density at radius 1 is 1.14 bits per heavy atom. The quantitative estimate of drug-likeness (QED) is 0.923. The molecule has 1 heterocycles. The van der Waals surface area contributed by atoms with Gasteiger partial charge >= 0.3 is 0 Å². The van der Waals surface area contributed by atoms with Crippen molar-refractivity contribution in [2.45, 2.75) is 39.3 Å². The smallest absolute Gasteiger partial charge is 0.0471 e. The average molecular weight is 310 g/mol. The van der Waals surface area contributed by atoms with E-state index in [0.29, 0.717) is 0 Å². The zero-order chi connectivity index (χ0) is 15.5. The summed E-state index contributed by atoms with van der Waals surface area (Å²) in [6.07, 6.45) is 1.21. The Labute approximate surface area is 134 Å². The Morgan fingerprint density at radius 2 is 1.90 bits per heavy atom. The van der Waals surface area contributed by atoms with Crippen LogP contribution in [0, 0.1) is 0 Å². The van der Waals surface area contributed by atoms with E-state index in [1.165, 1.54) is 24.2 Å². The zero-order valence-corrected chi connectivity index (χ0v) is 14.5. The molecule has 1 aromatic rings. The van der Waals surface area contributed by atoms with Crippen LogP contribution in [0.4, 0.5) is 5.69 Å². The number of rotatable bonds is 3. The van der Waals surface area contributed by atoms with Crippen LogP contribution in [0.15, 0.2) is 18.2 Å². The van der Waals surface area contributed by atoms with Crippen LogP contribution in [-0.4, -0.2) is 43.7 Å². The second-order valence-corrected chi connectivity index (χ2v) is 7.43. The Kier molecular flexibility index (Phi) is 5.53. The second kappa shape index (κ2) is 6.99.